The summed E-state index contributed by atoms with van der Waals surface area (Å²) in [5, 5.41) is 12.5. The van der Waals surface area contributed by atoms with Gasteiger partial charge in [-0.15, -0.1) is 0 Å². The summed E-state index contributed by atoms with van der Waals surface area (Å²) >= 11 is 5.77. The fourth-order valence-corrected chi connectivity index (χ4v) is 3.71. The van der Waals surface area contributed by atoms with Crippen molar-refractivity contribution in [2.24, 2.45) is 4.99 Å². The molecule has 0 bridgehead atoms. The molecular weight excluding hydrogens is 461 g/mol. The average molecular weight is 483 g/mol. The van der Waals surface area contributed by atoms with E-state index < -0.39 is 17.5 Å². The number of fused-ring (bicyclic) bond motifs is 1. The first-order chi connectivity index (χ1) is 16.0. The molecule has 33 heavy (non-hydrogen) atoms. The maximum atomic E-state index is 14.4. The van der Waals surface area contributed by atoms with Gasteiger partial charge in [-0.25, -0.2) is 23.1 Å². The van der Waals surface area contributed by atoms with E-state index >= 15 is 0 Å². The maximum absolute atomic E-state index is 14.4. The number of imidazole rings is 1. The second-order valence-electron chi connectivity index (χ2n) is 7.43. The Balaban J connectivity index is 1.57. The number of nitrogens with one attached hydrogen (secondary N) is 3. The van der Waals surface area contributed by atoms with Gasteiger partial charge in [0.05, 0.1) is 29.4 Å². The highest BCUT2D eigenvalue weighted by Gasteiger charge is 2.20. The van der Waals surface area contributed by atoms with Gasteiger partial charge in [0.1, 0.15) is 11.3 Å². The molecule has 12 heteroatoms. The van der Waals surface area contributed by atoms with Crippen molar-refractivity contribution < 1.29 is 23.1 Å². The fourth-order valence-electron chi connectivity index (χ4n) is 3.54. The number of morpholine rings is 1. The van der Waals surface area contributed by atoms with Crippen molar-refractivity contribution in [2.75, 3.05) is 44.7 Å². The predicted octanol–water partition coefficient (Wildman–Crippen LogP) is 3.82. The molecule has 2 aromatic carbocycles. The lowest BCUT2D eigenvalue weighted by atomic mass is 10.1. The number of aliphatic imine (C=N–C) groups is 1. The second-order valence-corrected chi connectivity index (χ2v) is 7.84. The van der Waals surface area contributed by atoms with Crippen LogP contribution in [0.4, 0.5) is 24.8 Å². The van der Waals surface area contributed by atoms with E-state index in [1.807, 2.05) is 5.48 Å². The van der Waals surface area contributed by atoms with Crippen LogP contribution >= 0.6 is 11.6 Å². The minimum Gasteiger partial charge on any atom is -0.379 e. The van der Waals surface area contributed by atoms with Gasteiger partial charge in [0, 0.05) is 25.2 Å². The molecular formula is C21H22ClF3N6O2. The van der Waals surface area contributed by atoms with Crippen LogP contribution in [0.25, 0.3) is 11.0 Å². The zero-order valence-corrected chi connectivity index (χ0v) is 18.2. The Bertz CT molecular complexity index is 1170. The largest absolute Gasteiger partial charge is 0.379 e. The lowest BCUT2D eigenvalue weighted by molar-refractivity contribution is 0.0378. The molecule has 0 amide bonds. The van der Waals surface area contributed by atoms with Crippen LogP contribution in [0.15, 0.2) is 29.3 Å². The molecule has 0 aliphatic carbocycles. The molecule has 2 heterocycles. The summed E-state index contributed by atoms with van der Waals surface area (Å²) in [6.45, 7) is 4.64. The van der Waals surface area contributed by atoms with Crippen LogP contribution in [0, 0.1) is 17.5 Å². The van der Waals surface area contributed by atoms with Crippen LogP contribution < -0.4 is 10.8 Å². The van der Waals surface area contributed by atoms with Crippen molar-refractivity contribution in [1.82, 2.24) is 20.3 Å². The molecule has 0 radical (unpaired) electrons. The summed E-state index contributed by atoms with van der Waals surface area (Å²) in [5.74, 6) is -2.89. The molecule has 1 aliphatic rings. The lowest BCUT2D eigenvalue weighted by Crippen LogP contribution is -2.37. The lowest BCUT2D eigenvalue weighted by Gasteiger charge is -2.26. The first-order valence-corrected chi connectivity index (χ1v) is 10.7. The molecule has 0 atom stereocenters. The Hall–Kier alpha value is -2.86. The molecule has 8 nitrogen and oxygen atoms in total. The zero-order chi connectivity index (χ0) is 23.4. The number of nitrogens with zero attached hydrogens (tertiary/aromatic N) is 3. The standard InChI is InChI=1S/C21H22ClF3N6O2/c22-14-10-12(2-3-15(14)23)27-20(30-32)13-11-16(24)17(25)19-18(13)28-21(29-19)26-4-1-5-31-6-8-33-9-7-31/h2-3,10-11,32H,1,4-9H2,(H,27,30)(H2,26,28,29). The van der Waals surface area contributed by atoms with Crippen LogP contribution in [0.5, 0.6) is 0 Å². The van der Waals surface area contributed by atoms with E-state index in [9.17, 15) is 18.4 Å². The third-order valence-electron chi connectivity index (χ3n) is 5.21. The minimum atomic E-state index is -1.16. The minimum absolute atomic E-state index is 0.0284. The van der Waals surface area contributed by atoms with Gasteiger partial charge >= 0.3 is 0 Å². The number of amidine groups is 1. The van der Waals surface area contributed by atoms with Crippen LogP contribution in [0.3, 0.4) is 0 Å². The number of H-pyrrole nitrogens is 1. The molecule has 176 valence electrons. The van der Waals surface area contributed by atoms with Gasteiger partial charge in [-0.05, 0) is 37.2 Å². The highest BCUT2D eigenvalue weighted by Crippen LogP contribution is 2.27. The molecule has 1 aromatic heterocycles. The van der Waals surface area contributed by atoms with Crippen LogP contribution in [-0.2, 0) is 4.74 Å². The number of rotatable bonds is 7. The van der Waals surface area contributed by atoms with Gasteiger partial charge in [0.15, 0.2) is 17.5 Å². The highest BCUT2D eigenvalue weighted by molar-refractivity contribution is 6.31. The number of aromatic amines is 1. The average Bonchev–Trinajstić information content (AvgIpc) is 3.25. The molecule has 0 spiro atoms. The van der Waals surface area contributed by atoms with E-state index in [1.54, 1.807) is 0 Å². The Morgan fingerprint density at radius 2 is 2.00 bits per heavy atom. The van der Waals surface area contributed by atoms with Crippen molar-refractivity contribution in [2.45, 2.75) is 6.42 Å². The zero-order valence-electron chi connectivity index (χ0n) is 17.5. The number of hydrogen-bond donors (Lipinski definition) is 4. The Labute approximate surface area is 192 Å². The number of hydrogen-bond acceptors (Lipinski definition) is 6. The van der Waals surface area contributed by atoms with Gasteiger partial charge in [-0.1, -0.05) is 11.6 Å². The quantitative estimate of drug-likeness (QED) is 0.177. The first kappa shape index (κ1) is 23.3. The molecule has 1 saturated heterocycles. The number of benzene rings is 2. The van der Waals surface area contributed by atoms with Crippen molar-refractivity contribution in [3.05, 3.63) is 52.3 Å². The van der Waals surface area contributed by atoms with Gasteiger partial charge in [0.25, 0.3) is 0 Å². The third kappa shape index (κ3) is 5.38. The molecule has 4 N–H and O–H groups in total. The van der Waals surface area contributed by atoms with Gasteiger partial charge in [0.2, 0.25) is 5.95 Å². The normalized spacial score (nSPS) is 15.2. The van der Waals surface area contributed by atoms with Crippen molar-refractivity contribution in [3.8, 4) is 0 Å². The van der Waals surface area contributed by atoms with Gasteiger partial charge < -0.3 is 15.0 Å². The summed E-state index contributed by atoms with van der Waals surface area (Å²) < 4.78 is 47.5. The molecule has 3 aromatic rings. The molecule has 0 unspecified atom stereocenters. The summed E-state index contributed by atoms with van der Waals surface area (Å²) in [6.07, 6.45) is 0.816. The van der Waals surface area contributed by atoms with Crippen molar-refractivity contribution in [1.29, 1.82) is 0 Å². The number of hydroxylamine groups is 1. The number of halogens is 4. The first-order valence-electron chi connectivity index (χ1n) is 10.3. The SMILES string of the molecule is ONC(=Nc1ccc(F)c(Cl)c1)c1cc(F)c(F)c2nc(NCCCN3CCOCC3)[nH]c12. The Morgan fingerprint density at radius 3 is 2.73 bits per heavy atom. The second kappa shape index (κ2) is 10.4. The Kier molecular flexibility index (Phi) is 7.33. The highest BCUT2D eigenvalue weighted by atomic mass is 35.5. The van der Waals surface area contributed by atoms with Crippen LogP contribution in [-0.4, -0.2) is 65.3 Å². The van der Waals surface area contributed by atoms with Gasteiger partial charge in [-0.3, -0.25) is 15.6 Å². The summed E-state index contributed by atoms with van der Waals surface area (Å²) in [4.78, 5) is 13.5. The summed E-state index contributed by atoms with van der Waals surface area (Å²) in [7, 11) is 0. The summed E-state index contributed by atoms with van der Waals surface area (Å²) in [5.41, 5.74) is 1.97. The fraction of sp³-hybridized carbons (Fsp3) is 0.333. The summed E-state index contributed by atoms with van der Waals surface area (Å²) in [6, 6.07) is 4.54. The maximum Gasteiger partial charge on any atom is 0.201 e. The van der Waals surface area contributed by atoms with Crippen LogP contribution in [0.2, 0.25) is 5.02 Å². The molecule has 1 aliphatic heterocycles. The predicted molar refractivity (Wildman–Crippen MR) is 119 cm³/mol. The molecule has 4 rings (SSSR count). The monoisotopic (exact) mass is 482 g/mol. The van der Waals surface area contributed by atoms with E-state index in [2.05, 4.69) is 25.2 Å². The molecule has 1 fully saturated rings. The van der Waals surface area contributed by atoms with Crippen molar-refractivity contribution >= 4 is 40.1 Å². The van der Waals surface area contributed by atoms with E-state index in [1.165, 1.54) is 12.1 Å². The van der Waals surface area contributed by atoms with Crippen LogP contribution in [0.1, 0.15) is 12.0 Å². The van der Waals surface area contributed by atoms with E-state index in [-0.39, 0.29) is 39.1 Å². The molecule has 0 saturated carbocycles. The van der Waals surface area contributed by atoms with E-state index in [4.69, 9.17) is 16.3 Å². The topological polar surface area (TPSA) is 97.8 Å². The van der Waals surface area contributed by atoms with E-state index in [0.717, 1.165) is 51.4 Å². The van der Waals surface area contributed by atoms with Gasteiger partial charge in [-0.2, -0.15) is 0 Å². The third-order valence-corrected chi connectivity index (χ3v) is 5.50. The van der Waals surface area contributed by atoms with E-state index in [0.29, 0.717) is 6.54 Å². The number of ether oxygens (including phenoxy) is 1. The van der Waals surface area contributed by atoms with Crippen molar-refractivity contribution in [3.63, 3.8) is 0 Å². The Morgan fingerprint density at radius 1 is 1.21 bits per heavy atom. The number of anilines is 1. The smallest absolute Gasteiger partial charge is 0.201 e. The number of aromatic nitrogens is 2.